The number of amides is 4. The van der Waals surface area contributed by atoms with Gasteiger partial charge >= 0.3 is 6.03 Å². The van der Waals surface area contributed by atoms with Crippen LogP contribution in [0.2, 0.25) is 0 Å². The minimum absolute atomic E-state index is 0.148. The lowest BCUT2D eigenvalue weighted by atomic mass is 10.1. The Morgan fingerprint density at radius 1 is 1.25 bits per heavy atom. The Hall–Kier alpha value is -2.83. The van der Waals surface area contributed by atoms with Crippen LogP contribution in [0.4, 0.5) is 4.79 Å². The normalized spacial score (nSPS) is 19.3. The summed E-state index contributed by atoms with van der Waals surface area (Å²) in [5.41, 5.74) is 1.97. The van der Waals surface area contributed by atoms with Crippen LogP contribution in [-0.4, -0.2) is 58.3 Å². The molecule has 0 bridgehead atoms. The molecule has 7 heteroatoms. The highest BCUT2D eigenvalue weighted by Gasteiger charge is 2.40. The Kier molecular flexibility index (Phi) is 5.07. The van der Waals surface area contributed by atoms with Crippen LogP contribution in [0.15, 0.2) is 30.5 Å². The van der Waals surface area contributed by atoms with Gasteiger partial charge in [0.1, 0.15) is 12.6 Å². The fourth-order valence-corrected chi connectivity index (χ4v) is 3.82. The average molecular weight is 382 g/mol. The van der Waals surface area contributed by atoms with Crippen LogP contribution < -0.4 is 5.32 Å². The zero-order valence-corrected chi connectivity index (χ0v) is 16.1. The smallest absolute Gasteiger partial charge is 0.325 e. The quantitative estimate of drug-likeness (QED) is 0.687. The Morgan fingerprint density at radius 3 is 2.79 bits per heavy atom. The third-order valence-electron chi connectivity index (χ3n) is 5.52. The molecule has 1 aliphatic carbocycles. The number of hydrogen-bond acceptors (Lipinski definition) is 3. The lowest BCUT2D eigenvalue weighted by Gasteiger charge is -2.24. The molecule has 0 spiro atoms. The molecule has 1 aromatic carbocycles. The highest BCUT2D eigenvalue weighted by atomic mass is 16.2. The number of carbonyl (C=O) groups is 3. The number of carbonyl (C=O) groups excluding carboxylic acids is 3. The molecule has 1 saturated heterocycles. The van der Waals surface area contributed by atoms with Gasteiger partial charge in [0, 0.05) is 36.6 Å². The second kappa shape index (κ2) is 7.66. The van der Waals surface area contributed by atoms with Gasteiger partial charge in [-0.3, -0.25) is 14.5 Å². The molecular weight excluding hydrogens is 356 g/mol. The number of aromatic amines is 1. The van der Waals surface area contributed by atoms with Crippen molar-refractivity contribution >= 4 is 28.7 Å². The number of aromatic nitrogens is 1. The fourth-order valence-electron chi connectivity index (χ4n) is 3.82. The SMILES string of the molecule is CCCN(CC1CC1)C(=O)CN1C(=O)NC(Cc2c[nH]c3ccccc23)C1=O. The van der Waals surface area contributed by atoms with E-state index < -0.39 is 12.1 Å². The molecule has 4 amide bonds. The summed E-state index contributed by atoms with van der Waals surface area (Å²) in [6.07, 6.45) is 5.45. The van der Waals surface area contributed by atoms with E-state index in [9.17, 15) is 14.4 Å². The van der Waals surface area contributed by atoms with E-state index in [0.717, 1.165) is 47.2 Å². The van der Waals surface area contributed by atoms with Gasteiger partial charge in [0.05, 0.1) is 0 Å². The summed E-state index contributed by atoms with van der Waals surface area (Å²) >= 11 is 0. The summed E-state index contributed by atoms with van der Waals surface area (Å²) in [5, 5.41) is 3.78. The Morgan fingerprint density at radius 2 is 2.04 bits per heavy atom. The summed E-state index contributed by atoms with van der Waals surface area (Å²) in [5.74, 6) is 0.102. The van der Waals surface area contributed by atoms with E-state index in [0.29, 0.717) is 18.9 Å². The van der Waals surface area contributed by atoms with Crippen molar-refractivity contribution in [2.45, 2.75) is 38.6 Å². The molecule has 4 rings (SSSR count). The van der Waals surface area contributed by atoms with Crippen LogP contribution in [-0.2, 0) is 16.0 Å². The number of para-hydroxylation sites is 1. The second-order valence-corrected chi connectivity index (χ2v) is 7.77. The standard InChI is InChI=1S/C21H26N4O3/c1-2-9-24(12-14-7-8-14)19(26)13-25-20(27)18(23-21(25)28)10-15-11-22-17-6-4-3-5-16(15)17/h3-6,11,14,18,22H,2,7-10,12-13H2,1H3,(H,23,28). The van der Waals surface area contributed by atoms with E-state index >= 15 is 0 Å². The highest BCUT2D eigenvalue weighted by Crippen LogP contribution is 2.30. The van der Waals surface area contributed by atoms with Gasteiger partial charge in [-0.05, 0) is 36.8 Å². The van der Waals surface area contributed by atoms with Gasteiger partial charge in [-0.1, -0.05) is 25.1 Å². The maximum atomic E-state index is 12.8. The Balaban J connectivity index is 1.42. The molecule has 0 radical (unpaired) electrons. The molecule has 2 heterocycles. The first-order valence-electron chi connectivity index (χ1n) is 10.0. The molecule has 2 aromatic rings. The fraction of sp³-hybridized carbons (Fsp3) is 0.476. The molecule has 2 aliphatic rings. The van der Waals surface area contributed by atoms with Gasteiger partial charge in [0.15, 0.2) is 0 Å². The largest absolute Gasteiger partial charge is 0.361 e. The molecular formula is C21H26N4O3. The molecule has 148 valence electrons. The van der Waals surface area contributed by atoms with Gasteiger partial charge in [0.25, 0.3) is 5.91 Å². The van der Waals surface area contributed by atoms with E-state index in [1.54, 1.807) is 4.90 Å². The maximum absolute atomic E-state index is 12.8. The van der Waals surface area contributed by atoms with Crippen molar-refractivity contribution in [2.24, 2.45) is 5.92 Å². The molecule has 1 saturated carbocycles. The number of rotatable bonds is 8. The predicted molar refractivity (Wildman–Crippen MR) is 106 cm³/mol. The van der Waals surface area contributed by atoms with Crippen molar-refractivity contribution in [2.75, 3.05) is 19.6 Å². The third-order valence-corrected chi connectivity index (χ3v) is 5.52. The zero-order valence-electron chi connectivity index (χ0n) is 16.1. The topological polar surface area (TPSA) is 85.5 Å². The van der Waals surface area contributed by atoms with E-state index in [4.69, 9.17) is 0 Å². The van der Waals surface area contributed by atoms with E-state index in [-0.39, 0.29) is 18.4 Å². The second-order valence-electron chi connectivity index (χ2n) is 7.77. The van der Waals surface area contributed by atoms with Gasteiger partial charge in [-0.15, -0.1) is 0 Å². The molecule has 2 N–H and O–H groups in total. The summed E-state index contributed by atoms with van der Waals surface area (Å²) in [7, 11) is 0. The highest BCUT2D eigenvalue weighted by molar-refractivity contribution is 6.06. The number of nitrogens with zero attached hydrogens (tertiary/aromatic N) is 2. The molecule has 1 atom stereocenters. The zero-order chi connectivity index (χ0) is 19.7. The van der Waals surface area contributed by atoms with E-state index in [1.807, 2.05) is 37.4 Å². The summed E-state index contributed by atoms with van der Waals surface area (Å²) in [4.78, 5) is 43.9. The minimum Gasteiger partial charge on any atom is -0.361 e. The summed E-state index contributed by atoms with van der Waals surface area (Å²) < 4.78 is 0. The maximum Gasteiger partial charge on any atom is 0.325 e. The number of benzene rings is 1. The van der Waals surface area contributed by atoms with Gasteiger partial charge in [-0.2, -0.15) is 0 Å². The van der Waals surface area contributed by atoms with E-state index in [2.05, 4.69) is 10.3 Å². The number of H-pyrrole nitrogens is 1. The first-order chi connectivity index (χ1) is 13.6. The third kappa shape index (κ3) is 3.74. The number of hydrogen-bond donors (Lipinski definition) is 2. The molecule has 2 fully saturated rings. The Labute approximate surface area is 164 Å². The molecule has 7 nitrogen and oxygen atoms in total. The van der Waals surface area contributed by atoms with Gasteiger partial charge in [0.2, 0.25) is 5.91 Å². The van der Waals surface area contributed by atoms with Crippen molar-refractivity contribution in [3.05, 3.63) is 36.0 Å². The average Bonchev–Trinajstić information content (AvgIpc) is 3.36. The predicted octanol–water partition coefficient (Wildman–Crippen LogP) is 2.28. The molecule has 1 aromatic heterocycles. The van der Waals surface area contributed by atoms with Crippen LogP contribution >= 0.6 is 0 Å². The minimum atomic E-state index is -0.637. The number of fused-ring (bicyclic) bond motifs is 1. The molecule has 1 unspecified atom stereocenters. The van der Waals surface area contributed by atoms with Crippen LogP contribution in [0.5, 0.6) is 0 Å². The summed E-state index contributed by atoms with van der Waals surface area (Å²) in [6.45, 7) is 3.24. The first-order valence-corrected chi connectivity index (χ1v) is 10.0. The van der Waals surface area contributed by atoms with Crippen LogP contribution in [0.25, 0.3) is 10.9 Å². The van der Waals surface area contributed by atoms with Crippen LogP contribution in [0.1, 0.15) is 31.7 Å². The van der Waals surface area contributed by atoms with Crippen molar-refractivity contribution in [1.29, 1.82) is 0 Å². The monoisotopic (exact) mass is 382 g/mol. The lowest BCUT2D eigenvalue weighted by Crippen LogP contribution is -2.44. The first kappa shape index (κ1) is 18.5. The number of urea groups is 1. The van der Waals surface area contributed by atoms with Crippen molar-refractivity contribution < 1.29 is 14.4 Å². The van der Waals surface area contributed by atoms with Crippen molar-refractivity contribution in [1.82, 2.24) is 20.1 Å². The van der Waals surface area contributed by atoms with Gasteiger partial charge in [-0.25, -0.2) is 4.79 Å². The van der Waals surface area contributed by atoms with Crippen LogP contribution in [0, 0.1) is 5.92 Å². The van der Waals surface area contributed by atoms with Crippen molar-refractivity contribution in [3.8, 4) is 0 Å². The van der Waals surface area contributed by atoms with Crippen LogP contribution in [0.3, 0.4) is 0 Å². The van der Waals surface area contributed by atoms with Gasteiger partial charge < -0.3 is 15.2 Å². The number of imide groups is 1. The molecule has 1 aliphatic heterocycles. The number of nitrogens with one attached hydrogen (secondary N) is 2. The Bertz CT molecular complexity index is 902. The molecule has 28 heavy (non-hydrogen) atoms. The lowest BCUT2D eigenvalue weighted by molar-refractivity contribution is -0.137. The van der Waals surface area contributed by atoms with Crippen molar-refractivity contribution in [3.63, 3.8) is 0 Å². The van der Waals surface area contributed by atoms with E-state index in [1.165, 1.54) is 0 Å². The summed E-state index contributed by atoms with van der Waals surface area (Å²) in [6, 6.07) is 6.74.